The van der Waals surface area contributed by atoms with Crippen molar-refractivity contribution in [2.45, 2.75) is 39.2 Å². The van der Waals surface area contributed by atoms with E-state index in [0.717, 1.165) is 25.8 Å². The average Bonchev–Trinajstić information content (AvgIpc) is 2.90. The maximum absolute atomic E-state index is 12.5. The van der Waals surface area contributed by atoms with Gasteiger partial charge in [-0.15, -0.1) is 0 Å². The maximum Gasteiger partial charge on any atom is 0.231 e. The van der Waals surface area contributed by atoms with Crippen molar-refractivity contribution in [2.24, 2.45) is 0 Å². The van der Waals surface area contributed by atoms with Gasteiger partial charge in [-0.3, -0.25) is 4.79 Å². The van der Waals surface area contributed by atoms with Gasteiger partial charge in [-0.2, -0.15) is 0 Å². The van der Waals surface area contributed by atoms with Crippen molar-refractivity contribution in [2.75, 3.05) is 13.3 Å². The lowest BCUT2D eigenvalue weighted by Crippen LogP contribution is -2.36. The number of likely N-dealkylation sites (N-methyl/N-ethyl adjacent to an activating group) is 1. The van der Waals surface area contributed by atoms with E-state index in [2.05, 4.69) is 12.2 Å². The van der Waals surface area contributed by atoms with Crippen LogP contribution in [0.15, 0.2) is 18.2 Å². The van der Waals surface area contributed by atoms with Gasteiger partial charge in [-0.25, -0.2) is 0 Å². The molecule has 0 amide bonds. The number of rotatable bonds is 7. The first-order valence-corrected chi connectivity index (χ1v) is 6.93. The number of ketones is 1. The van der Waals surface area contributed by atoms with Gasteiger partial charge in [-0.05, 0) is 31.2 Å². The lowest BCUT2D eigenvalue weighted by molar-refractivity contribution is 0.0937. The smallest absolute Gasteiger partial charge is 0.231 e. The molecule has 1 heterocycles. The molecule has 4 heteroatoms. The van der Waals surface area contributed by atoms with Gasteiger partial charge in [0.25, 0.3) is 0 Å². The quantitative estimate of drug-likeness (QED) is 0.768. The number of carbonyl (C=O) groups is 1. The number of fused-ring (bicyclic) bond motifs is 1. The first kappa shape index (κ1) is 13.9. The Labute approximate surface area is 114 Å². The molecule has 0 spiro atoms. The van der Waals surface area contributed by atoms with E-state index in [1.165, 1.54) is 0 Å². The molecule has 1 atom stereocenters. The number of carbonyl (C=O) groups excluding carboxylic acids is 1. The maximum atomic E-state index is 12.5. The minimum Gasteiger partial charge on any atom is -0.454 e. The van der Waals surface area contributed by atoms with Crippen LogP contribution in [-0.4, -0.2) is 25.2 Å². The van der Waals surface area contributed by atoms with Crippen molar-refractivity contribution >= 4 is 5.78 Å². The zero-order valence-electron chi connectivity index (χ0n) is 11.6. The highest BCUT2D eigenvalue weighted by Gasteiger charge is 2.21. The predicted molar refractivity (Wildman–Crippen MR) is 73.9 cm³/mol. The number of benzene rings is 1. The monoisotopic (exact) mass is 263 g/mol. The van der Waals surface area contributed by atoms with E-state index >= 15 is 0 Å². The molecule has 0 radical (unpaired) electrons. The van der Waals surface area contributed by atoms with Crippen LogP contribution in [0.25, 0.3) is 0 Å². The van der Waals surface area contributed by atoms with Crippen LogP contribution >= 0.6 is 0 Å². The molecule has 1 aromatic rings. The Hall–Kier alpha value is -1.55. The molecule has 1 aliphatic heterocycles. The Balaban J connectivity index is 2.11. The molecule has 1 aromatic carbocycles. The molecule has 1 aliphatic rings. The summed E-state index contributed by atoms with van der Waals surface area (Å²) in [5, 5.41) is 3.26. The minimum absolute atomic E-state index is 0.106. The van der Waals surface area contributed by atoms with E-state index < -0.39 is 0 Å². The Bertz CT molecular complexity index is 445. The van der Waals surface area contributed by atoms with Gasteiger partial charge in [0.15, 0.2) is 17.3 Å². The summed E-state index contributed by atoms with van der Waals surface area (Å²) in [6, 6.07) is 5.29. The summed E-state index contributed by atoms with van der Waals surface area (Å²) >= 11 is 0. The van der Waals surface area contributed by atoms with Crippen LogP contribution in [0.2, 0.25) is 0 Å². The van der Waals surface area contributed by atoms with E-state index in [1.807, 2.05) is 13.0 Å². The molecule has 0 fully saturated rings. The van der Waals surface area contributed by atoms with E-state index in [1.54, 1.807) is 12.1 Å². The molecule has 2 rings (SSSR count). The van der Waals surface area contributed by atoms with Gasteiger partial charge in [0.2, 0.25) is 6.79 Å². The Morgan fingerprint density at radius 1 is 1.32 bits per heavy atom. The van der Waals surface area contributed by atoms with Crippen molar-refractivity contribution in [3.63, 3.8) is 0 Å². The standard InChI is InChI=1S/C15H21NO3/c1-3-5-6-12(16-4-2)15(17)11-7-8-13-14(9-11)19-10-18-13/h7-9,12,16H,3-6,10H2,1-2H3. The third-order valence-electron chi connectivity index (χ3n) is 3.27. The molecule has 0 bridgehead atoms. The van der Waals surface area contributed by atoms with Gasteiger partial charge >= 0.3 is 0 Å². The molecule has 0 aliphatic carbocycles. The molecular weight excluding hydrogens is 242 g/mol. The van der Waals surface area contributed by atoms with Crippen molar-refractivity contribution in [1.29, 1.82) is 0 Å². The number of Topliss-reactive ketones (excluding diaryl/α,β-unsaturated/α-hetero) is 1. The van der Waals surface area contributed by atoms with Crippen LogP contribution in [0, 0.1) is 0 Å². The second-order valence-corrected chi connectivity index (χ2v) is 4.68. The average molecular weight is 263 g/mol. The number of hydrogen-bond donors (Lipinski definition) is 1. The van der Waals surface area contributed by atoms with Crippen molar-refractivity contribution in [1.82, 2.24) is 5.32 Å². The highest BCUT2D eigenvalue weighted by Crippen LogP contribution is 2.32. The Morgan fingerprint density at radius 3 is 2.84 bits per heavy atom. The van der Waals surface area contributed by atoms with Gasteiger partial charge < -0.3 is 14.8 Å². The SMILES string of the molecule is CCCCC(NCC)C(=O)c1ccc2c(c1)OCO2. The summed E-state index contributed by atoms with van der Waals surface area (Å²) in [6.07, 6.45) is 3.02. The lowest BCUT2D eigenvalue weighted by atomic mass is 9.99. The fourth-order valence-corrected chi connectivity index (χ4v) is 2.23. The van der Waals surface area contributed by atoms with E-state index in [0.29, 0.717) is 17.1 Å². The van der Waals surface area contributed by atoms with Gasteiger partial charge in [0.1, 0.15) is 0 Å². The lowest BCUT2D eigenvalue weighted by Gasteiger charge is -2.16. The van der Waals surface area contributed by atoms with Crippen molar-refractivity contribution in [3.8, 4) is 11.5 Å². The molecular formula is C15H21NO3. The second-order valence-electron chi connectivity index (χ2n) is 4.68. The van der Waals surface area contributed by atoms with Crippen molar-refractivity contribution in [3.05, 3.63) is 23.8 Å². The van der Waals surface area contributed by atoms with E-state index in [-0.39, 0.29) is 18.6 Å². The van der Waals surface area contributed by atoms with E-state index in [9.17, 15) is 4.79 Å². The summed E-state index contributed by atoms with van der Waals surface area (Å²) in [5.41, 5.74) is 0.686. The Kier molecular flexibility index (Phi) is 4.80. The highest BCUT2D eigenvalue weighted by molar-refractivity contribution is 6.00. The minimum atomic E-state index is -0.106. The van der Waals surface area contributed by atoms with Crippen molar-refractivity contribution < 1.29 is 14.3 Å². The molecule has 0 aromatic heterocycles. The van der Waals surface area contributed by atoms with Gasteiger partial charge in [0, 0.05) is 5.56 Å². The predicted octanol–water partition coefficient (Wildman–Crippen LogP) is 2.77. The highest BCUT2D eigenvalue weighted by atomic mass is 16.7. The van der Waals surface area contributed by atoms with Crippen LogP contribution in [-0.2, 0) is 0 Å². The summed E-state index contributed by atoms with van der Waals surface area (Å²) in [5.74, 6) is 1.51. The Morgan fingerprint density at radius 2 is 2.11 bits per heavy atom. The fourth-order valence-electron chi connectivity index (χ4n) is 2.23. The molecule has 19 heavy (non-hydrogen) atoms. The summed E-state index contributed by atoms with van der Waals surface area (Å²) in [7, 11) is 0. The normalized spacial score (nSPS) is 14.4. The van der Waals surface area contributed by atoms with Crippen LogP contribution < -0.4 is 14.8 Å². The van der Waals surface area contributed by atoms with Crippen LogP contribution in [0.1, 0.15) is 43.5 Å². The summed E-state index contributed by atoms with van der Waals surface area (Å²) in [4.78, 5) is 12.5. The third kappa shape index (κ3) is 3.26. The number of unbranched alkanes of at least 4 members (excludes halogenated alkanes) is 1. The molecule has 0 saturated carbocycles. The molecule has 0 saturated heterocycles. The van der Waals surface area contributed by atoms with Crippen LogP contribution in [0.3, 0.4) is 0 Å². The third-order valence-corrected chi connectivity index (χ3v) is 3.27. The van der Waals surface area contributed by atoms with Gasteiger partial charge in [0.05, 0.1) is 6.04 Å². The number of ether oxygens (including phenoxy) is 2. The topological polar surface area (TPSA) is 47.6 Å². The largest absolute Gasteiger partial charge is 0.454 e. The first-order chi connectivity index (χ1) is 9.26. The fraction of sp³-hybridized carbons (Fsp3) is 0.533. The molecule has 104 valence electrons. The zero-order valence-corrected chi connectivity index (χ0v) is 11.6. The molecule has 1 N–H and O–H groups in total. The van der Waals surface area contributed by atoms with Crippen LogP contribution in [0.5, 0.6) is 11.5 Å². The summed E-state index contributed by atoms with van der Waals surface area (Å²) in [6.45, 7) is 5.18. The number of hydrogen-bond acceptors (Lipinski definition) is 4. The van der Waals surface area contributed by atoms with E-state index in [4.69, 9.17) is 9.47 Å². The molecule has 1 unspecified atom stereocenters. The van der Waals surface area contributed by atoms with Gasteiger partial charge in [-0.1, -0.05) is 26.7 Å². The first-order valence-electron chi connectivity index (χ1n) is 6.93. The van der Waals surface area contributed by atoms with Crippen LogP contribution in [0.4, 0.5) is 0 Å². The second kappa shape index (κ2) is 6.57. The summed E-state index contributed by atoms with van der Waals surface area (Å²) < 4.78 is 10.6. The zero-order chi connectivity index (χ0) is 13.7. The number of nitrogens with one attached hydrogen (secondary N) is 1. The molecule has 4 nitrogen and oxygen atoms in total.